The predicted molar refractivity (Wildman–Crippen MR) is 118 cm³/mol. The van der Waals surface area contributed by atoms with Crippen LogP contribution in [-0.2, 0) is 13.2 Å². The fourth-order valence-electron chi connectivity index (χ4n) is 4.06. The number of aromatic nitrogens is 5. The molecule has 1 saturated heterocycles. The van der Waals surface area contributed by atoms with Gasteiger partial charge in [-0.05, 0) is 35.4 Å². The van der Waals surface area contributed by atoms with Gasteiger partial charge in [0, 0.05) is 29.3 Å². The van der Waals surface area contributed by atoms with Crippen LogP contribution in [0.2, 0.25) is 5.02 Å². The lowest BCUT2D eigenvalue weighted by Gasteiger charge is -2.43. The van der Waals surface area contributed by atoms with Crippen LogP contribution in [0.4, 0.5) is 22.0 Å². The molecule has 14 heteroatoms. The molecule has 2 aromatic heterocycles. The van der Waals surface area contributed by atoms with Gasteiger partial charge < -0.3 is 9.64 Å². The quantitative estimate of drug-likeness (QED) is 0.451. The Kier molecular flexibility index (Phi) is 6.86. The van der Waals surface area contributed by atoms with E-state index < -0.39 is 48.5 Å². The molecule has 36 heavy (non-hydrogen) atoms. The number of alkyl halides is 5. The Morgan fingerprint density at radius 3 is 2.61 bits per heavy atom. The lowest BCUT2D eigenvalue weighted by atomic mass is 9.88. The second kappa shape index (κ2) is 9.60. The van der Waals surface area contributed by atoms with Crippen LogP contribution in [0.1, 0.15) is 29.3 Å². The molecule has 0 spiro atoms. The number of hydrogen-bond donors (Lipinski definition) is 0. The summed E-state index contributed by atoms with van der Waals surface area (Å²) in [6.45, 7) is 0.399. The number of ether oxygens (including phenoxy) is 1. The number of amides is 1. The monoisotopic (exact) mass is 530 g/mol. The number of piperidine rings is 1. The van der Waals surface area contributed by atoms with Crippen LogP contribution >= 0.6 is 11.6 Å². The predicted octanol–water partition coefficient (Wildman–Crippen LogP) is 4.51. The molecule has 0 aliphatic carbocycles. The minimum Gasteiger partial charge on any atom is -0.475 e. The molecule has 3 aromatic rings. The summed E-state index contributed by atoms with van der Waals surface area (Å²) in [5.74, 6) is -4.64. The van der Waals surface area contributed by atoms with Crippen LogP contribution < -0.4 is 4.74 Å². The maximum Gasteiger partial charge on any atom is 0.417 e. The van der Waals surface area contributed by atoms with Crippen LogP contribution in [0, 0.1) is 5.92 Å². The van der Waals surface area contributed by atoms with Gasteiger partial charge in [0.15, 0.2) is 0 Å². The van der Waals surface area contributed by atoms with Crippen molar-refractivity contribution in [3.8, 4) is 17.3 Å². The smallest absolute Gasteiger partial charge is 0.417 e. The largest absolute Gasteiger partial charge is 0.475 e. The number of nitrogens with zero attached hydrogens (tertiary/aromatic N) is 6. The van der Waals surface area contributed by atoms with Crippen LogP contribution in [0.3, 0.4) is 0 Å². The Labute approximate surface area is 207 Å². The molecule has 1 fully saturated rings. The summed E-state index contributed by atoms with van der Waals surface area (Å²) in [4.78, 5) is 19.4. The first-order valence-electron chi connectivity index (χ1n) is 10.7. The zero-order valence-corrected chi connectivity index (χ0v) is 19.8. The summed E-state index contributed by atoms with van der Waals surface area (Å²) < 4.78 is 73.0. The van der Waals surface area contributed by atoms with Gasteiger partial charge in [0.2, 0.25) is 11.7 Å². The van der Waals surface area contributed by atoms with E-state index >= 15 is 0 Å². The number of carbonyl (C=O) groups is 1. The fourth-order valence-corrected chi connectivity index (χ4v) is 4.23. The van der Waals surface area contributed by atoms with Crippen molar-refractivity contribution in [2.24, 2.45) is 13.0 Å². The van der Waals surface area contributed by atoms with Crippen LogP contribution in [-0.4, -0.2) is 61.1 Å². The minimum atomic E-state index is -4.56. The maximum absolute atomic E-state index is 14.6. The Morgan fingerprint density at radius 2 is 2.00 bits per heavy atom. The van der Waals surface area contributed by atoms with Crippen molar-refractivity contribution in [1.29, 1.82) is 0 Å². The Balaban J connectivity index is 1.63. The molecule has 1 aromatic carbocycles. The van der Waals surface area contributed by atoms with Crippen molar-refractivity contribution in [3.63, 3.8) is 0 Å². The highest BCUT2D eigenvalue weighted by atomic mass is 35.5. The van der Waals surface area contributed by atoms with Crippen molar-refractivity contribution in [2.45, 2.75) is 31.5 Å². The van der Waals surface area contributed by atoms with Crippen molar-refractivity contribution < 1.29 is 31.5 Å². The number of carbonyl (C=O) groups excluding carboxylic acids is 1. The van der Waals surface area contributed by atoms with E-state index in [1.165, 1.54) is 30.0 Å². The topological polar surface area (TPSA) is 86.0 Å². The third-order valence-corrected chi connectivity index (χ3v) is 6.00. The van der Waals surface area contributed by atoms with Gasteiger partial charge in [-0.3, -0.25) is 4.79 Å². The van der Waals surface area contributed by atoms with Gasteiger partial charge in [0.1, 0.15) is 6.61 Å². The van der Waals surface area contributed by atoms with Crippen LogP contribution in [0.15, 0.2) is 36.5 Å². The summed E-state index contributed by atoms with van der Waals surface area (Å²) in [5, 5.41) is 11.9. The van der Waals surface area contributed by atoms with E-state index in [-0.39, 0.29) is 34.5 Å². The standard InChI is InChI=1S/C22H20ClF5N6O2/c1-12-8-21(24,25)11-34(17(12)10-36-18-6-3-13(9-29-18)22(26,27)28)20(35)16-7-14(23)4-5-15(16)19-30-32-33(2)31-19/h3-7,9,12,17H,8,10-11H2,1-2H3/t12-,17-/m1/s1. The van der Waals surface area contributed by atoms with E-state index in [1.807, 2.05) is 0 Å². The van der Waals surface area contributed by atoms with Gasteiger partial charge in [0.05, 0.1) is 30.8 Å². The third kappa shape index (κ3) is 5.55. The van der Waals surface area contributed by atoms with Gasteiger partial charge in [-0.25, -0.2) is 13.8 Å². The minimum absolute atomic E-state index is 0.00180. The van der Waals surface area contributed by atoms with Crippen molar-refractivity contribution >= 4 is 17.5 Å². The number of benzene rings is 1. The zero-order chi connectivity index (χ0) is 26.3. The van der Waals surface area contributed by atoms with E-state index in [1.54, 1.807) is 6.92 Å². The molecule has 2 atom stereocenters. The number of likely N-dealkylation sites (tertiary alicyclic amines) is 1. The number of tetrazole rings is 1. The molecule has 1 aliphatic heterocycles. The van der Waals surface area contributed by atoms with E-state index in [2.05, 4.69) is 20.4 Å². The Morgan fingerprint density at radius 1 is 1.25 bits per heavy atom. The maximum atomic E-state index is 14.6. The van der Waals surface area contributed by atoms with Gasteiger partial charge >= 0.3 is 6.18 Å². The number of hydrogen-bond acceptors (Lipinski definition) is 6. The number of aryl methyl sites for hydroxylation is 1. The highest BCUT2D eigenvalue weighted by Crippen LogP contribution is 2.37. The number of halogens is 6. The molecule has 3 heterocycles. The van der Waals surface area contributed by atoms with Crippen molar-refractivity contribution in [3.05, 3.63) is 52.7 Å². The first-order valence-corrected chi connectivity index (χ1v) is 11.1. The van der Waals surface area contributed by atoms with Gasteiger partial charge in [-0.2, -0.15) is 18.0 Å². The SMILES string of the molecule is C[C@@H]1CC(F)(F)CN(C(=O)c2cc(Cl)ccc2-c2nnn(C)n2)[C@@H]1COc1ccc(C(F)(F)F)cn1. The lowest BCUT2D eigenvalue weighted by Crippen LogP contribution is -2.57. The summed E-state index contributed by atoms with van der Waals surface area (Å²) in [5.41, 5.74) is -0.704. The Bertz CT molecular complexity index is 1250. The molecule has 0 N–H and O–H groups in total. The zero-order valence-electron chi connectivity index (χ0n) is 19.0. The normalized spacial score (nSPS) is 19.8. The van der Waals surface area contributed by atoms with Crippen LogP contribution in [0.25, 0.3) is 11.4 Å². The van der Waals surface area contributed by atoms with Crippen LogP contribution in [0.5, 0.6) is 5.88 Å². The second-order valence-corrected chi connectivity index (χ2v) is 8.96. The molecule has 8 nitrogen and oxygen atoms in total. The fraction of sp³-hybridized carbons (Fsp3) is 0.409. The highest BCUT2D eigenvalue weighted by molar-refractivity contribution is 6.31. The van der Waals surface area contributed by atoms with E-state index in [0.29, 0.717) is 6.20 Å². The first-order chi connectivity index (χ1) is 16.8. The van der Waals surface area contributed by atoms with Gasteiger partial charge in [-0.1, -0.05) is 18.5 Å². The molecule has 4 rings (SSSR count). The van der Waals surface area contributed by atoms with E-state index in [9.17, 15) is 26.7 Å². The number of pyridine rings is 1. The summed E-state index contributed by atoms with van der Waals surface area (Å²) >= 11 is 6.11. The average molecular weight is 531 g/mol. The second-order valence-electron chi connectivity index (χ2n) is 8.52. The molecule has 0 bridgehead atoms. The lowest BCUT2D eigenvalue weighted by molar-refractivity contribution is -0.137. The van der Waals surface area contributed by atoms with Gasteiger partial charge in [0.25, 0.3) is 11.8 Å². The Hall–Kier alpha value is -3.35. The molecular weight excluding hydrogens is 511 g/mol. The molecular formula is C22H20ClF5N6O2. The van der Waals surface area contributed by atoms with Crippen molar-refractivity contribution in [2.75, 3.05) is 13.2 Å². The third-order valence-electron chi connectivity index (χ3n) is 5.77. The molecule has 0 unspecified atom stereocenters. The number of rotatable bonds is 5. The first kappa shape index (κ1) is 25.7. The molecule has 0 radical (unpaired) electrons. The molecule has 192 valence electrons. The van der Waals surface area contributed by atoms with E-state index in [0.717, 1.165) is 17.0 Å². The summed E-state index contributed by atoms with van der Waals surface area (Å²) in [7, 11) is 1.53. The van der Waals surface area contributed by atoms with E-state index in [4.69, 9.17) is 16.3 Å². The van der Waals surface area contributed by atoms with Crippen molar-refractivity contribution in [1.82, 2.24) is 30.1 Å². The summed E-state index contributed by atoms with van der Waals surface area (Å²) in [6.07, 6.45) is -4.45. The molecule has 0 saturated carbocycles. The average Bonchev–Trinajstić information content (AvgIpc) is 3.22. The summed E-state index contributed by atoms with van der Waals surface area (Å²) in [6, 6.07) is 5.34. The molecule has 1 aliphatic rings. The molecule has 1 amide bonds. The highest BCUT2D eigenvalue weighted by Gasteiger charge is 2.47. The van der Waals surface area contributed by atoms with Gasteiger partial charge in [-0.15, -0.1) is 10.2 Å².